The lowest BCUT2D eigenvalue weighted by molar-refractivity contribution is -0.149. The average Bonchev–Trinajstić information content (AvgIpc) is 2.29. The Morgan fingerprint density at radius 1 is 1.56 bits per heavy atom. The van der Waals surface area contributed by atoms with Gasteiger partial charge in [-0.15, -0.1) is 0 Å². The van der Waals surface area contributed by atoms with E-state index in [0.29, 0.717) is 6.61 Å². The van der Waals surface area contributed by atoms with Crippen LogP contribution in [-0.4, -0.2) is 37.1 Å². The predicted molar refractivity (Wildman–Crippen MR) is 65.2 cm³/mol. The number of hydrogen-bond acceptors (Lipinski definition) is 3. The third kappa shape index (κ3) is 3.97. The van der Waals surface area contributed by atoms with Crippen LogP contribution in [0.1, 0.15) is 33.6 Å². The smallest absolute Gasteiger partial charge is 0.310 e. The number of hydrogen-bond donors (Lipinski definition) is 0. The van der Waals surface area contributed by atoms with Gasteiger partial charge in [0.25, 0.3) is 0 Å². The largest absolute Gasteiger partial charge is 0.466 e. The van der Waals surface area contributed by atoms with E-state index in [1.54, 1.807) is 0 Å². The third-order valence-corrected chi connectivity index (χ3v) is 3.09. The van der Waals surface area contributed by atoms with Gasteiger partial charge in [-0.2, -0.15) is 0 Å². The maximum absolute atomic E-state index is 11.6. The van der Waals surface area contributed by atoms with E-state index in [4.69, 9.17) is 4.74 Å². The maximum Gasteiger partial charge on any atom is 0.310 e. The summed E-state index contributed by atoms with van der Waals surface area (Å²) in [6.45, 7) is 9.47. The van der Waals surface area contributed by atoms with E-state index in [-0.39, 0.29) is 11.9 Å². The van der Waals surface area contributed by atoms with Crippen molar-refractivity contribution in [1.82, 2.24) is 4.90 Å². The first-order chi connectivity index (χ1) is 7.67. The number of carbonyl (C=O) groups is 1. The van der Waals surface area contributed by atoms with Crippen LogP contribution in [0.25, 0.3) is 0 Å². The van der Waals surface area contributed by atoms with Crippen LogP contribution in [-0.2, 0) is 9.53 Å². The second-order valence-electron chi connectivity index (χ2n) is 4.46. The number of nitrogens with zero attached hydrogens (tertiary/aromatic N) is 1. The summed E-state index contributed by atoms with van der Waals surface area (Å²) >= 11 is 0. The lowest BCUT2D eigenvalue weighted by Gasteiger charge is -2.31. The van der Waals surface area contributed by atoms with Crippen LogP contribution in [0.4, 0.5) is 0 Å². The highest BCUT2D eigenvalue weighted by molar-refractivity contribution is 5.72. The summed E-state index contributed by atoms with van der Waals surface area (Å²) in [5.41, 5.74) is 1.37. The number of piperidine rings is 1. The first-order valence-electron chi connectivity index (χ1n) is 6.18. The maximum atomic E-state index is 11.6. The van der Waals surface area contributed by atoms with Crippen LogP contribution < -0.4 is 0 Å². The first-order valence-corrected chi connectivity index (χ1v) is 6.18. The quantitative estimate of drug-likeness (QED) is 0.543. The molecule has 1 aliphatic rings. The molecule has 0 radical (unpaired) electrons. The molecule has 0 N–H and O–H groups in total. The van der Waals surface area contributed by atoms with Gasteiger partial charge in [-0.3, -0.25) is 9.69 Å². The van der Waals surface area contributed by atoms with Crippen molar-refractivity contribution in [3.8, 4) is 0 Å². The molecule has 92 valence electrons. The van der Waals surface area contributed by atoms with E-state index >= 15 is 0 Å². The van der Waals surface area contributed by atoms with E-state index < -0.39 is 0 Å². The summed E-state index contributed by atoms with van der Waals surface area (Å²) in [5.74, 6) is 0.0590. The lowest BCUT2D eigenvalue weighted by Crippen LogP contribution is -2.40. The van der Waals surface area contributed by atoms with Crippen molar-refractivity contribution >= 4 is 5.97 Å². The normalized spacial score (nSPS) is 23.2. The first kappa shape index (κ1) is 13.2. The van der Waals surface area contributed by atoms with Crippen LogP contribution >= 0.6 is 0 Å². The Balaban J connectivity index is 2.43. The fourth-order valence-electron chi connectivity index (χ4n) is 2.10. The standard InChI is InChI=1S/C13H23NO2/c1-4-11(3)9-14-8-6-7-12(10-14)13(15)16-5-2/h4,12H,5-10H2,1-3H3. The van der Waals surface area contributed by atoms with Gasteiger partial charge in [0.1, 0.15) is 0 Å². The Morgan fingerprint density at radius 2 is 2.31 bits per heavy atom. The van der Waals surface area contributed by atoms with Gasteiger partial charge in [-0.1, -0.05) is 11.6 Å². The monoisotopic (exact) mass is 225 g/mol. The van der Waals surface area contributed by atoms with E-state index in [9.17, 15) is 4.79 Å². The fraction of sp³-hybridized carbons (Fsp3) is 0.769. The van der Waals surface area contributed by atoms with Crippen molar-refractivity contribution < 1.29 is 9.53 Å². The van der Waals surface area contributed by atoms with Crippen LogP contribution in [0.3, 0.4) is 0 Å². The highest BCUT2D eigenvalue weighted by Gasteiger charge is 2.26. The second-order valence-corrected chi connectivity index (χ2v) is 4.46. The van der Waals surface area contributed by atoms with E-state index in [1.165, 1.54) is 5.57 Å². The molecule has 0 aromatic rings. The minimum atomic E-state index is -0.0228. The predicted octanol–water partition coefficient (Wildman–Crippen LogP) is 2.23. The van der Waals surface area contributed by atoms with Gasteiger partial charge in [-0.25, -0.2) is 0 Å². The molecule has 1 atom stereocenters. The average molecular weight is 225 g/mol. The molecule has 0 bridgehead atoms. The summed E-state index contributed by atoms with van der Waals surface area (Å²) < 4.78 is 5.08. The number of esters is 1. The zero-order valence-electron chi connectivity index (χ0n) is 10.7. The van der Waals surface area contributed by atoms with Crippen molar-refractivity contribution in [2.24, 2.45) is 5.92 Å². The molecule has 0 aromatic heterocycles. The number of likely N-dealkylation sites (tertiary alicyclic amines) is 1. The van der Waals surface area contributed by atoms with Crippen LogP contribution in [0.2, 0.25) is 0 Å². The molecule has 1 rings (SSSR count). The summed E-state index contributed by atoms with van der Waals surface area (Å²) in [4.78, 5) is 14.0. The molecule has 0 aliphatic carbocycles. The Morgan fingerprint density at radius 3 is 2.94 bits per heavy atom. The van der Waals surface area contributed by atoms with Crippen molar-refractivity contribution in [2.75, 3.05) is 26.2 Å². The molecule has 0 spiro atoms. The van der Waals surface area contributed by atoms with Gasteiger partial charge in [0, 0.05) is 13.1 Å². The number of rotatable bonds is 4. The molecular formula is C13H23NO2. The van der Waals surface area contributed by atoms with Gasteiger partial charge < -0.3 is 4.74 Å². The highest BCUT2D eigenvalue weighted by Crippen LogP contribution is 2.18. The lowest BCUT2D eigenvalue weighted by atomic mass is 9.98. The van der Waals surface area contributed by atoms with E-state index in [0.717, 1.165) is 32.5 Å². The highest BCUT2D eigenvalue weighted by atomic mass is 16.5. The topological polar surface area (TPSA) is 29.5 Å². The molecule has 16 heavy (non-hydrogen) atoms. The molecule has 0 aromatic carbocycles. The van der Waals surface area contributed by atoms with E-state index in [1.807, 2.05) is 6.92 Å². The molecule has 1 saturated heterocycles. The molecule has 0 amide bonds. The summed E-state index contributed by atoms with van der Waals surface area (Å²) in [5, 5.41) is 0. The second kappa shape index (κ2) is 6.69. The van der Waals surface area contributed by atoms with Gasteiger partial charge >= 0.3 is 5.97 Å². The summed E-state index contributed by atoms with van der Waals surface area (Å²) in [6.07, 6.45) is 4.21. The number of carbonyl (C=O) groups excluding carboxylic acids is 1. The molecule has 1 heterocycles. The summed E-state index contributed by atoms with van der Waals surface area (Å²) in [6, 6.07) is 0. The Bertz CT molecular complexity index is 261. The van der Waals surface area contributed by atoms with Crippen molar-refractivity contribution in [1.29, 1.82) is 0 Å². The molecule has 3 heteroatoms. The van der Waals surface area contributed by atoms with Crippen LogP contribution in [0, 0.1) is 5.92 Å². The van der Waals surface area contributed by atoms with Gasteiger partial charge in [0.2, 0.25) is 0 Å². The zero-order chi connectivity index (χ0) is 12.0. The Labute approximate surface area is 98.5 Å². The third-order valence-electron chi connectivity index (χ3n) is 3.09. The van der Waals surface area contributed by atoms with Gasteiger partial charge in [-0.05, 0) is 40.2 Å². The number of ether oxygens (including phenoxy) is 1. The van der Waals surface area contributed by atoms with Crippen molar-refractivity contribution in [2.45, 2.75) is 33.6 Å². The molecule has 3 nitrogen and oxygen atoms in total. The van der Waals surface area contributed by atoms with Gasteiger partial charge in [0.15, 0.2) is 0 Å². The van der Waals surface area contributed by atoms with E-state index in [2.05, 4.69) is 24.8 Å². The minimum absolute atomic E-state index is 0.0228. The molecule has 1 fully saturated rings. The summed E-state index contributed by atoms with van der Waals surface area (Å²) in [7, 11) is 0. The van der Waals surface area contributed by atoms with Gasteiger partial charge in [0.05, 0.1) is 12.5 Å². The Kier molecular flexibility index (Phi) is 5.53. The van der Waals surface area contributed by atoms with Crippen LogP contribution in [0.15, 0.2) is 11.6 Å². The molecule has 1 aliphatic heterocycles. The van der Waals surface area contributed by atoms with Crippen molar-refractivity contribution in [3.63, 3.8) is 0 Å². The minimum Gasteiger partial charge on any atom is -0.466 e. The van der Waals surface area contributed by atoms with Crippen molar-refractivity contribution in [3.05, 3.63) is 11.6 Å². The Hall–Kier alpha value is -0.830. The number of allylic oxidation sites excluding steroid dienone is 1. The SMILES string of the molecule is CC=C(C)CN1CCCC(C(=O)OCC)C1. The zero-order valence-corrected chi connectivity index (χ0v) is 10.7. The molecule has 1 unspecified atom stereocenters. The molecular weight excluding hydrogens is 202 g/mol. The molecule has 0 saturated carbocycles. The van der Waals surface area contributed by atoms with Crippen LogP contribution in [0.5, 0.6) is 0 Å². The fourth-order valence-corrected chi connectivity index (χ4v) is 2.10.